The molecule has 0 aromatic carbocycles. The predicted octanol–water partition coefficient (Wildman–Crippen LogP) is 3.57. The normalized spacial score (nSPS) is 19.5. The molecule has 2 nitrogen and oxygen atoms in total. The van der Waals surface area contributed by atoms with Gasteiger partial charge in [-0.25, -0.2) is 0 Å². The number of likely N-dealkylation sites (tertiary alicyclic amines) is 1. The third-order valence-electron chi connectivity index (χ3n) is 3.94. The van der Waals surface area contributed by atoms with Gasteiger partial charge in [0.25, 0.3) is 0 Å². The number of alkyl halides is 1. The summed E-state index contributed by atoms with van der Waals surface area (Å²) in [6.07, 6.45) is 9.94. The van der Waals surface area contributed by atoms with Crippen molar-refractivity contribution in [3.8, 4) is 0 Å². The predicted molar refractivity (Wildman–Crippen MR) is 81.6 cm³/mol. The molecule has 1 aliphatic heterocycles. The van der Waals surface area contributed by atoms with E-state index in [2.05, 4.69) is 29.6 Å². The van der Waals surface area contributed by atoms with Gasteiger partial charge >= 0.3 is 0 Å². The molecule has 0 aliphatic carbocycles. The number of unbranched alkanes of at least 4 members (excludes halogenated alkanes) is 5. The van der Waals surface area contributed by atoms with Crippen LogP contribution in [-0.4, -0.2) is 41.4 Å². The molecule has 100 valence electrons. The molecular weight excluding hydrogens is 325 g/mol. The maximum atomic E-state index is 11.2. The van der Waals surface area contributed by atoms with Crippen LogP contribution < -0.4 is 0 Å². The van der Waals surface area contributed by atoms with Crippen LogP contribution >= 0.6 is 22.6 Å². The number of carbonyl (C=O) groups excluding carboxylic acids is 1. The van der Waals surface area contributed by atoms with E-state index in [1.165, 1.54) is 49.5 Å². The molecule has 1 heterocycles. The molecule has 0 N–H and O–H groups in total. The molecule has 0 spiro atoms. The molecular formula is C14H27INO+. The molecule has 0 saturated carbocycles. The highest BCUT2D eigenvalue weighted by Crippen LogP contribution is 2.16. The molecule has 0 aromatic heterocycles. The van der Waals surface area contributed by atoms with Crippen molar-refractivity contribution in [2.45, 2.75) is 51.4 Å². The maximum absolute atomic E-state index is 11.2. The van der Waals surface area contributed by atoms with Gasteiger partial charge in [0, 0.05) is 0 Å². The van der Waals surface area contributed by atoms with Crippen LogP contribution in [0.25, 0.3) is 0 Å². The van der Waals surface area contributed by atoms with Gasteiger partial charge in [-0.15, -0.1) is 0 Å². The van der Waals surface area contributed by atoms with E-state index in [4.69, 9.17) is 0 Å². The van der Waals surface area contributed by atoms with Crippen LogP contribution in [0.4, 0.5) is 0 Å². The van der Waals surface area contributed by atoms with E-state index in [-0.39, 0.29) is 0 Å². The maximum Gasteiger partial charge on any atom is 0.144 e. The minimum atomic E-state index is 0.472. The highest BCUT2D eigenvalue weighted by molar-refractivity contribution is 14.1. The van der Waals surface area contributed by atoms with Crippen LogP contribution in [0.3, 0.4) is 0 Å². The Morgan fingerprint density at radius 3 is 2.12 bits per heavy atom. The third kappa shape index (κ3) is 6.75. The number of piperidine rings is 1. The molecule has 0 bridgehead atoms. The van der Waals surface area contributed by atoms with Crippen molar-refractivity contribution in [2.75, 3.05) is 31.1 Å². The molecule has 1 rings (SSSR count). The summed E-state index contributed by atoms with van der Waals surface area (Å²) in [5.74, 6) is 0.472. The van der Waals surface area contributed by atoms with Crippen molar-refractivity contribution in [1.29, 1.82) is 0 Å². The zero-order chi connectivity index (χ0) is 12.6. The summed E-state index contributed by atoms with van der Waals surface area (Å²) >= 11 is 2.46. The summed E-state index contributed by atoms with van der Waals surface area (Å²) in [5.41, 5.74) is 0. The van der Waals surface area contributed by atoms with Gasteiger partial charge in [0.05, 0.1) is 39.5 Å². The zero-order valence-corrected chi connectivity index (χ0v) is 13.4. The third-order valence-corrected chi connectivity index (χ3v) is 4.71. The molecule has 0 radical (unpaired) electrons. The Labute approximate surface area is 120 Å². The Bertz CT molecular complexity index is 220. The number of rotatable bonds is 8. The number of hydrogen-bond acceptors (Lipinski definition) is 1. The second-order valence-corrected chi connectivity index (χ2v) is 6.72. The quantitative estimate of drug-likeness (QED) is 0.283. The number of nitrogens with zero attached hydrogens (tertiary/aromatic N) is 1. The first-order valence-electron chi connectivity index (χ1n) is 7.07. The topological polar surface area (TPSA) is 17.1 Å². The van der Waals surface area contributed by atoms with E-state index in [0.717, 1.165) is 30.4 Å². The average molecular weight is 352 g/mol. The number of halogens is 1. The minimum Gasteiger partial charge on any atom is -0.325 e. The van der Waals surface area contributed by atoms with Gasteiger partial charge in [-0.2, -0.15) is 0 Å². The highest BCUT2D eigenvalue weighted by Gasteiger charge is 2.27. The summed E-state index contributed by atoms with van der Waals surface area (Å²) in [6, 6.07) is 0. The van der Waals surface area contributed by atoms with Crippen molar-refractivity contribution in [3.05, 3.63) is 0 Å². The Balaban J connectivity index is 2.00. The molecule has 0 amide bonds. The van der Waals surface area contributed by atoms with Gasteiger partial charge in [-0.05, 0) is 23.7 Å². The molecule has 1 saturated heterocycles. The van der Waals surface area contributed by atoms with Crippen molar-refractivity contribution in [1.82, 2.24) is 0 Å². The van der Waals surface area contributed by atoms with E-state index in [1.54, 1.807) is 0 Å². The summed E-state index contributed by atoms with van der Waals surface area (Å²) in [4.78, 5) is 11.2. The molecule has 1 fully saturated rings. The first-order chi connectivity index (χ1) is 8.16. The van der Waals surface area contributed by atoms with Gasteiger partial charge in [0.2, 0.25) is 0 Å². The van der Waals surface area contributed by atoms with Gasteiger partial charge < -0.3 is 4.48 Å². The average Bonchev–Trinajstić information content (AvgIpc) is 2.32. The number of hydrogen-bond donors (Lipinski definition) is 0. The van der Waals surface area contributed by atoms with E-state index in [0.29, 0.717) is 5.78 Å². The summed E-state index contributed by atoms with van der Waals surface area (Å²) in [7, 11) is 2.32. The van der Waals surface area contributed by atoms with Crippen molar-refractivity contribution >= 4 is 28.4 Å². The van der Waals surface area contributed by atoms with Gasteiger partial charge in [-0.1, -0.05) is 41.9 Å². The van der Waals surface area contributed by atoms with Crippen LogP contribution in [0, 0.1) is 0 Å². The van der Waals surface area contributed by atoms with E-state index >= 15 is 0 Å². The van der Waals surface area contributed by atoms with E-state index < -0.39 is 0 Å². The second kappa shape index (κ2) is 8.46. The van der Waals surface area contributed by atoms with Crippen LogP contribution in [0.1, 0.15) is 51.4 Å². The fourth-order valence-electron chi connectivity index (χ4n) is 2.54. The summed E-state index contributed by atoms with van der Waals surface area (Å²) in [5, 5.41) is 0. The van der Waals surface area contributed by atoms with Crippen molar-refractivity contribution < 1.29 is 9.28 Å². The number of carbonyl (C=O) groups is 1. The Hall–Kier alpha value is 0.360. The summed E-state index contributed by atoms with van der Waals surface area (Å²) < 4.78 is 2.44. The molecule has 17 heavy (non-hydrogen) atoms. The van der Waals surface area contributed by atoms with Crippen LogP contribution in [0.5, 0.6) is 0 Å². The Kier molecular flexibility index (Phi) is 7.67. The lowest BCUT2D eigenvalue weighted by molar-refractivity contribution is -0.911. The Morgan fingerprint density at radius 1 is 1.00 bits per heavy atom. The lowest BCUT2D eigenvalue weighted by Crippen LogP contribution is -2.50. The fraction of sp³-hybridized carbons (Fsp3) is 0.929. The molecule has 0 aromatic rings. The van der Waals surface area contributed by atoms with Crippen molar-refractivity contribution in [2.24, 2.45) is 0 Å². The molecule has 0 unspecified atom stereocenters. The van der Waals surface area contributed by atoms with Crippen LogP contribution in [0.15, 0.2) is 0 Å². The summed E-state index contributed by atoms with van der Waals surface area (Å²) in [6.45, 7) is 3.43. The smallest absolute Gasteiger partial charge is 0.144 e. The largest absolute Gasteiger partial charge is 0.325 e. The van der Waals surface area contributed by atoms with Crippen molar-refractivity contribution in [3.63, 3.8) is 0 Å². The SMILES string of the molecule is C[N+]1(CCCCCCCCI)CCC(=O)CC1. The highest BCUT2D eigenvalue weighted by atomic mass is 127. The number of ketones is 1. The molecule has 0 atom stereocenters. The van der Waals surface area contributed by atoms with Gasteiger partial charge in [0.1, 0.15) is 5.78 Å². The first kappa shape index (κ1) is 15.4. The van der Waals surface area contributed by atoms with Gasteiger partial charge in [-0.3, -0.25) is 4.79 Å². The second-order valence-electron chi connectivity index (χ2n) is 5.64. The minimum absolute atomic E-state index is 0.472. The van der Waals surface area contributed by atoms with Crippen LogP contribution in [-0.2, 0) is 4.79 Å². The van der Waals surface area contributed by atoms with Gasteiger partial charge in [0.15, 0.2) is 0 Å². The zero-order valence-electron chi connectivity index (χ0n) is 11.2. The standard InChI is InChI=1S/C14H27INO/c1-16(12-8-14(17)9-13-16)11-7-5-3-2-4-6-10-15/h2-13H2,1H3/q+1. The lowest BCUT2D eigenvalue weighted by atomic mass is 10.1. The van der Waals surface area contributed by atoms with E-state index in [1.807, 2.05) is 0 Å². The van der Waals surface area contributed by atoms with E-state index in [9.17, 15) is 4.79 Å². The monoisotopic (exact) mass is 352 g/mol. The lowest BCUT2D eigenvalue weighted by Gasteiger charge is -2.37. The fourth-order valence-corrected chi connectivity index (χ4v) is 3.08. The number of Topliss-reactive ketones (excluding diaryl/α,β-unsaturated/α-hetero) is 1. The Morgan fingerprint density at radius 2 is 1.53 bits per heavy atom. The molecule has 1 aliphatic rings. The molecule has 3 heteroatoms. The number of quaternary nitrogens is 1. The first-order valence-corrected chi connectivity index (χ1v) is 8.60. The van der Waals surface area contributed by atoms with Crippen LogP contribution in [0.2, 0.25) is 0 Å².